The van der Waals surface area contributed by atoms with Crippen LogP contribution < -0.4 is 5.73 Å². The third kappa shape index (κ3) is 5.62. The predicted octanol–water partition coefficient (Wildman–Crippen LogP) is -0.450. The first-order valence-corrected chi connectivity index (χ1v) is 2.41. The molecule has 0 spiro atoms. The third-order valence-corrected chi connectivity index (χ3v) is 0.716. The lowest BCUT2D eigenvalue weighted by molar-refractivity contribution is -0.159. The monoisotopic (exact) mass is 117 g/mol. The van der Waals surface area contributed by atoms with Crippen molar-refractivity contribution >= 4 is 0 Å². The molecule has 0 fully saturated rings. The largest absolute Gasteiger partial charge is 0.354 e. The number of nitrogens with two attached hydrogens (primary N) is 1. The van der Waals surface area contributed by atoms with E-state index in [0.29, 0.717) is 6.42 Å². The van der Waals surface area contributed by atoms with Gasteiger partial charge in [-0.2, -0.15) is 0 Å². The quantitative estimate of drug-likeness (QED) is 0.346. The van der Waals surface area contributed by atoms with Crippen LogP contribution in [0.5, 0.6) is 0 Å². The number of rotatable bonds is 3. The van der Waals surface area contributed by atoms with Crippen molar-refractivity contribution in [2.45, 2.75) is 18.8 Å². The molecule has 3 heteroatoms. The minimum absolute atomic E-state index is 0.135. The van der Waals surface area contributed by atoms with E-state index in [1.54, 1.807) is 6.08 Å². The van der Waals surface area contributed by atoms with Gasteiger partial charge in [0, 0.05) is 6.42 Å². The lowest BCUT2D eigenvalue weighted by Crippen LogP contribution is -2.38. The molecule has 0 atom stereocenters. The van der Waals surface area contributed by atoms with Crippen LogP contribution in [0.15, 0.2) is 12.7 Å². The second-order valence-corrected chi connectivity index (χ2v) is 1.71. The number of hydrogen-bond acceptors (Lipinski definition) is 3. The van der Waals surface area contributed by atoms with Crippen LogP contribution >= 0.6 is 0 Å². The molecule has 0 amide bonds. The maximum atomic E-state index is 8.43. The van der Waals surface area contributed by atoms with Crippen molar-refractivity contribution in [2.75, 3.05) is 0 Å². The van der Waals surface area contributed by atoms with Gasteiger partial charge < -0.3 is 10.2 Å². The second-order valence-electron chi connectivity index (χ2n) is 1.71. The molecule has 0 aromatic heterocycles. The van der Waals surface area contributed by atoms with Gasteiger partial charge in [-0.15, -0.1) is 6.58 Å². The van der Waals surface area contributed by atoms with Crippen molar-refractivity contribution in [1.82, 2.24) is 0 Å². The average molecular weight is 117 g/mol. The van der Waals surface area contributed by atoms with Gasteiger partial charge in [0.1, 0.15) is 0 Å². The standard InChI is InChI=1S/C5H11NO2/c1-2-3-4-5(6,7)8/h2,7-8H,1,3-4,6H2. The van der Waals surface area contributed by atoms with Crippen LogP contribution in [0.4, 0.5) is 0 Å². The van der Waals surface area contributed by atoms with Gasteiger partial charge in [0.2, 0.25) is 5.91 Å². The highest BCUT2D eigenvalue weighted by Gasteiger charge is 2.12. The lowest BCUT2D eigenvalue weighted by Gasteiger charge is -2.12. The van der Waals surface area contributed by atoms with E-state index in [4.69, 9.17) is 15.9 Å². The predicted molar refractivity (Wildman–Crippen MR) is 30.8 cm³/mol. The molecule has 0 rings (SSSR count). The highest BCUT2D eigenvalue weighted by atomic mass is 16.5. The van der Waals surface area contributed by atoms with Gasteiger partial charge in [-0.1, -0.05) is 6.08 Å². The van der Waals surface area contributed by atoms with E-state index >= 15 is 0 Å². The van der Waals surface area contributed by atoms with Crippen LogP contribution in [-0.2, 0) is 0 Å². The Hall–Kier alpha value is -0.380. The highest BCUT2D eigenvalue weighted by molar-refractivity contribution is 4.69. The summed E-state index contributed by atoms with van der Waals surface area (Å²) in [4.78, 5) is 0. The first kappa shape index (κ1) is 7.62. The average Bonchev–Trinajstić information content (AvgIpc) is 1.59. The zero-order chi connectivity index (χ0) is 6.62. The van der Waals surface area contributed by atoms with Gasteiger partial charge in [0.05, 0.1) is 0 Å². The van der Waals surface area contributed by atoms with Crippen LogP contribution in [0.1, 0.15) is 12.8 Å². The maximum absolute atomic E-state index is 8.43. The number of aliphatic hydroxyl groups is 2. The molecule has 0 radical (unpaired) electrons. The van der Waals surface area contributed by atoms with Crippen LogP contribution in [0, 0.1) is 0 Å². The van der Waals surface area contributed by atoms with Crippen molar-refractivity contribution in [1.29, 1.82) is 0 Å². The second kappa shape index (κ2) is 2.81. The Kier molecular flexibility index (Phi) is 2.68. The topological polar surface area (TPSA) is 66.5 Å². The Morgan fingerprint density at radius 1 is 1.62 bits per heavy atom. The maximum Gasteiger partial charge on any atom is 0.220 e. The Morgan fingerprint density at radius 2 is 2.12 bits per heavy atom. The number of allylic oxidation sites excluding steroid dienone is 1. The Bertz CT molecular complexity index is 75.0. The molecule has 0 unspecified atom stereocenters. The fourth-order valence-corrected chi connectivity index (χ4v) is 0.314. The van der Waals surface area contributed by atoms with Crippen molar-refractivity contribution in [3.8, 4) is 0 Å². The summed E-state index contributed by atoms with van der Waals surface area (Å²) in [7, 11) is 0. The molecule has 48 valence electrons. The lowest BCUT2D eigenvalue weighted by atomic mass is 10.2. The summed E-state index contributed by atoms with van der Waals surface area (Å²) in [5.74, 6) is -2.02. The van der Waals surface area contributed by atoms with Crippen LogP contribution in [0.2, 0.25) is 0 Å². The summed E-state index contributed by atoms with van der Waals surface area (Å²) < 4.78 is 0. The SMILES string of the molecule is C=CCCC(N)(O)O. The molecule has 0 aliphatic heterocycles. The van der Waals surface area contributed by atoms with E-state index < -0.39 is 5.91 Å². The summed E-state index contributed by atoms with van der Waals surface area (Å²) in [5, 5.41) is 16.9. The van der Waals surface area contributed by atoms with E-state index in [9.17, 15) is 0 Å². The molecule has 0 aliphatic rings. The van der Waals surface area contributed by atoms with Gasteiger partial charge >= 0.3 is 0 Å². The van der Waals surface area contributed by atoms with Crippen molar-refractivity contribution < 1.29 is 10.2 Å². The number of hydrogen-bond donors (Lipinski definition) is 3. The molecule has 0 saturated heterocycles. The molecular formula is C5H11NO2. The molecular weight excluding hydrogens is 106 g/mol. The van der Waals surface area contributed by atoms with Gasteiger partial charge in [-0.3, -0.25) is 5.73 Å². The Balaban J connectivity index is 3.24. The molecule has 0 aromatic rings. The first-order chi connectivity index (χ1) is 3.56. The van der Waals surface area contributed by atoms with E-state index in [-0.39, 0.29) is 6.42 Å². The summed E-state index contributed by atoms with van der Waals surface area (Å²) in [6, 6.07) is 0. The normalized spacial score (nSPS) is 11.4. The van der Waals surface area contributed by atoms with Gasteiger partial charge in [-0.25, -0.2) is 0 Å². The first-order valence-electron chi connectivity index (χ1n) is 2.41. The molecule has 4 N–H and O–H groups in total. The van der Waals surface area contributed by atoms with Crippen LogP contribution in [-0.4, -0.2) is 16.1 Å². The van der Waals surface area contributed by atoms with Crippen molar-refractivity contribution in [3.05, 3.63) is 12.7 Å². The van der Waals surface area contributed by atoms with E-state index in [1.165, 1.54) is 0 Å². The fourth-order valence-electron chi connectivity index (χ4n) is 0.314. The van der Waals surface area contributed by atoms with Crippen LogP contribution in [0.3, 0.4) is 0 Å². The van der Waals surface area contributed by atoms with Crippen molar-refractivity contribution in [2.24, 2.45) is 5.73 Å². The highest BCUT2D eigenvalue weighted by Crippen LogP contribution is 1.99. The van der Waals surface area contributed by atoms with Gasteiger partial charge in [-0.05, 0) is 6.42 Å². The zero-order valence-corrected chi connectivity index (χ0v) is 4.67. The molecule has 8 heavy (non-hydrogen) atoms. The van der Waals surface area contributed by atoms with Gasteiger partial charge in [0.15, 0.2) is 0 Å². The summed E-state index contributed by atoms with van der Waals surface area (Å²) in [6.45, 7) is 3.39. The van der Waals surface area contributed by atoms with E-state index in [2.05, 4.69) is 6.58 Å². The van der Waals surface area contributed by atoms with Crippen molar-refractivity contribution in [3.63, 3.8) is 0 Å². The molecule has 3 nitrogen and oxygen atoms in total. The summed E-state index contributed by atoms with van der Waals surface area (Å²) in [5.41, 5.74) is 4.78. The molecule has 0 aromatic carbocycles. The van der Waals surface area contributed by atoms with Gasteiger partial charge in [0.25, 0.3) is 0 Å². The Labute approximate surface area is 48.4 Å². The smallest absolute Gasteiger partial charge is 0.220 e. The Morgan fingerprint density at radius 3 is 2.25 bits per heavy atom. The van der Waals surface area contributed by atoms with Crippen LogP contribution in [0.25, 0.3) is 0 Å². The third-order valence-electron chi connectivity index (χ3n) is 0.716. The molecule has 0 bridgehead atoms. The molecule has 0 saturated carbocycles. The minimum atomic E-state index is -2.02. The minimum Gasteiger partial charge on any atom is -0.354 e. The molecule has 0 aliphatic carbocycles. The summed E-state index contributed by atoms with van der Waals surface area (Å²) in [6.07, 6.45) is 2.23. The molecule has 0 heterocycles. The van der Waals surface area contributed by atoms with E-state index in [1.807, 2.05) is 0 Å². The fraction of sp³-hybridized carbons (Fsp3) is 0.600. The van der Waals surface area contributed by atoms with E-state index in [0.717, 1.165) is 0 Å². The zero-order valence-electron chi connectivity index (χ0n) is 4.67. The summed E-state index contributed by atoms with van der Waals surface area (Å²) >= 11 is 0.